The zero-order valence-electron chi connectivity index (χ0n) is 21.4. The predicted molar refractivity (Wildman–Crippen MR) is 127 cm³/mol. The molecule has 4 heteroatoms. The van der Waals surface area contributed by atoms with Crippen LogP contribution in [0.4, 0.5) is 0 Å². The van der Waals surface area contributed by atoms with Crippen molar-refractivity contribution in [3.63, 3.8) is 0 Å². The van der Waals surface area contributed by atoms with Gasteiger partial charge in [0, 0.05) is 18.9 Å². The number of hydrogen-bond acceptors (Lipinski definition) is 4. The molecule has 3 saturated carbocycles. The summed E-state index contributed by atoms with van der Waals surface area (Å²) in [6, 6.07) is 0. The molecular formula is C28H48O4. The van der Waals surface area contributed by atoms with Gasteiger partial charge in [-0.05, 0) is 80.5 Å². The van der Waals surface area contributed by atoms with Crippen LogP contribution in [-0.4, -0.2) is 40.4 Å². The lowest BCUT2D eigenvalue weighted by atomic mass is 9.52. The monoisotopic (exact) mass is 448 g/mol. The molecule has 4 fully saturated rings. The number of aliphatic hydroxyl groups excluding tert-OH is 2. The summed E-state index contributed by atoms with van der Waals surface area (Å²) in [6.07, 6.45) is 8.26. The summed E-state index contributed by atoms with van der Waals surface area (Å²) in [5.74, 6) is 3.42. The average Bonchev–Trinajstić information content (AvgIpc) is 3.33. The molecule has 10 atom stereocenters. The van der Waals surface area contributed by atoms with Crippen LogP contribution in [-0.2, 0) is 9.53 Å². The number of hydrogen-bond donors (Lipinski definition) is 2. The Morgan fingerprint density at radius 3 is 2.47 bits per heavy atom. The van der Waals surface area contributed by atoms with Crippen LogP contribution in [0.1, 0.15) is 99.3 Å². The van der Waals surface area contributed by atoms with Crippen molar-refractivity contribution in [3.05, 3.63) is 0 Å². The van der Waals surface area contributed by atoms with Gasteiger partial charge in [-0.1, -0.05) is 47.5 Å². The lowest BCUT2D eigenvalue weighted by molar-refractivity contribution is -0.147. The summed E-state index contributed by atoms with van der Waals surface area (Å²) in [5.41, 5.74) is -0.838. The third-order valence-corrected chi connectivity index (χ3v) is 11.1. The van der Waals surface area contributed by atoms with Crippen molar-refractivity contribution in [1.29, 1.82) is 0 Å². The minimum atomic E-state index is -0.448. The molecule has 2 N–H and O–H groups in total. The normalized spacial score (nSPS) is 47.8. The lowest BCUT2D eigenvalue weighted by Crippen LogP contribution is -2.57. The second-order valence-corrected chi connectivity index (χ2v) is 13.0. The maximum atomic E-state index is 14.0. The predicted octanol–water partition coefficient (Wildman–Crippen LogP) is 5.39. The van der Waals surface area contributed by atoms with Crippen molar-refractivity contribution >= 4 is 5.78 Å². The number of epoxide rings is 1. The number of carbonyl (C=O) groups excluding carboxylic acids is 1. The van der Waals surface area contributed by atoms with Gasteiger partial charge in [0.15, 0.2) is 0 Å². The molecule has 4 rings (SSSR count). The minimum Gasteiger partial charge on any atom is -0.396 e. The van der Waals surface area contributed by atoms with E-state index >= 15 is 0 Å². The fourth-order valence-electron chi connectivity index (χ4n) is 8.45. The Bertz CT molecular complexity index is 706. The summed E-state index contributed by atoms with van der Waals surface area (Å²) in [6.45, 7) is 14.1. The smallest absolute Gasteiger partial charge is 0.145 e. The zero-order valence-corrected chi connectivity index (χ0v) is 21.4. The molecule has 0 aromatic carbocycles. The molecule has 1 unspecified atom stereocenters. The molecule has 0 amide bonds. The molecule has 184 valence electrons. The first-order valence-electron chi connectivity index (χ1n) is 13.5. The highest BCUT2D eigenvalue weighted by Crippen LogP contribution is 2.68. The van der Waals surface area contributed by atoms with Gasteiger partial charge in [-0.2, -0.15) is 0 Å². The van der Waals surface area contributed by atoms with E-state index in [1.54, 1.807) is 0 Å². The molecule has 4 aliphatic rings. The van der Waals surface area contributed by atoms with Gasteiger partial charge in [0.2, 0.25) is 0 Å². The van der Waals surface area contributed by atoms with E-state index in [9.17, 15) is 15.0 Å². The topological polar surface area (TPSA) is 70.1 Å². The van der Waals surface area contributed by atoms with E-state index in [2.05, 4.69) is 41.5 Å². The van der Waals surface area contributed by atoms with E-state index < -0.39 is 11.0 Å². The first-order chi connectivity index (χ1) is 15.0. The third-order valence-electron chi connectivity index (χ3n) is 11.1. The number of Topliss-reactive ketones (excluding diaryl/α,β-unsaturated/α-hetero) is 1. The molecule has 4 nitrogen and oxygen atoms in total. The van der Waals surface area contributed by atoms with Crippen molar-refractivity contribution in [2.24, 2.45) is 46.3 Å². The van der Waals surface area contributed by atoms with Crippen molar-refractivity contribution < 1.29 is 19.7 Å². The van der Waals surface area contributed by atoms with Crippen molar-refractivity contribution in [2.45, 2.75) is 117 Å². The number of ether oxygens (including phenoxy) is 1. The Kier molecular flexibility index (Phi) is 6.66. The SMILES string of the molecule is CC(C)C(C)CC[C@@H](C)[C@H]1CC[C@@H]([C@@H]2C[C@H]3O[C@]34C[C@@H](O)CC[C@]4(C)C2=O)[C@]1(C)CCO. The molecule has 1 aliphatic heterocycles. The van der Waals surface area contributed by atoms with Crippen LogP contribution < -0.4 is 0 Å². The molecule has 0 aromatic rings. The van der Waals surface area contributed by atoms with E-state index in [0.29, 0.717) is 36.4 Å². The number of carbonyl (C=O) groups is 1. The lowest BCUT2D eigenvalue weighted by Gasteiger charge is -2.49. The summed E-state index contributed by atoms with van der Waals surface area (Å²) in [5, 5.41) is 20.3. The number of rotatable bonds is 8. The first-order valence-corrected chi connectivity index (χ1v) is 13.5. The van der Waals surface area contributed by atoms with E-state index in [1.165, 1.54) is 19.3 Å². The average molecular weight is 449 g/mol. The summed E-state index contributed by atoms with van der Waals surface area (Å²) in [4.78, 5) is 14.0. The highest BCUT2D eigenvalue weighted by Gasteiger charge is 2.75. The van der Waals surface area contributed by atoms with Crippen molar-refractivity contribution in [1.82, 2.24) is 0 Å². The highest BCUT2D eigenvalue weighted by molar-refractivity contribution is 5.90. The Morgan fingerprint density at radius 2 is 1.81 bits per heavy atom. The van der Waals surface area contributed by atoms with Crippen LogP contribution in [0.15, 0.2) is 0 Å². The molecule has 1 spiro atoms. The Hall–Kier alpha value is -0.450. The molecule has 0 aromatic heterocycles. The molecule has 1 saturated heterocycles. The fraction of sp³-hybridized carbons (Fsp3) is 0.964. The van der Waals surface area contributed by atoms with Crippen LogP contribution in [0.2, 0.25) is 0 Å². The van der Waals surface area contributed by atoms with Gasteiger partial charge in [0.05, 0.1) is 17.6 Å². The van der Waals surface area contributed by atoms with E-state index in [4.69, 9.17) is 4.74 Å². The number of ketones is 1. The fourth-order valence-corrected chi connectivity index (χ4v) is 8.45. The largest absolute Gasteiger partial charge is 0.396 e. The van der Waals surface area contributed by atoms with Crippen LogP contribution >= 0.6 is 0 Å². The minimum absolute atomic E-state index is 0.00892. The van der Waals surface area contributed by atoms with Crippen LogP contribution in [0.5, 0.6) is 0 Å². The summed E-state index contributed by atoms with van der Waals surface area (Å²) in [7, 11) is 0. The Labute approximate surface area is 195 Å². The second-order valence-electron chi connectivity index (χ2n) is 13.0. The van der Waals surface area contributed by atoms with Gasteiger partial charge in [0.25, 0.3) is 0 Å². The second kappa shape index (κ2) is 8.64. The third kappa shape index (κ3) is 3.71. The van der Waals surface area contributed by atoms with Gasteiger partial charge in [0.1, 0.15) is 11.4 Å². The maximum absolute atomic E-state index is 14.0. The van der Waals surface area contributed by atoms with Gasteiger partial charge >= 0.3 is 0 Å². The van der Waals surface area contributed by atoms with E-state index in [0.717, 1.165) is 37.5 Å². The molecule has 32 heavy (non-hydrogen) atoms. The summed E-state index contributed by atoms with van der Waals surface area (Å²) >= 11 is 0. The molecule has 3 aliphatic carbocycles. The molecule has 0 radical (unpaired) electrons. The van der Waals surface area contributed by atoms with Crippen LogP contribution in [0, 0.1) is 46.3 Å². The van der Waals surface area contributed by atoms with Gasteiger partial charge in [-0.15, -0.1) is 0 Å². The Morgan fingerprint density at radius 1 is 1.09 bits per heavy atom. The van der Waals surface area contributed by atoms with Crippen molar-refractivity contribution in [3.8, 4) is 0 Å². The maximum Gasteiger partial charge on any atom is 0.145 e. The van der Waals surface area contributed by atoms with Crippen LogP contribution in [0.25, 0.3) is 0 Å². The standard InChI is InChI=1S/C28H48O4/c1-17(2)18(3)7-8-19(4)22-9-10-23(26(22,5)13-14-29)21-15-24-28(32-24)16-20(30)11-12-27(28,6)25(21)31/h17-24,29-30H,7-16H2,1-6H3/t18?,19-,20+,21+,22-,23+,24-,26-,27-,28-/m1/s1. The highest BCUT2D eigenvalue weighted by atomic mass is 16.6. The molecule has 0 bridgehead atoms. The molecular weight excluding hydrogens is 400 g/mol. The van der Waals surface area contributed by atoms with Gasteiger partial charge < -0.3 is 14.9 Å². The van der Waals surface area contributed by atoms with Gasteiger partial charge in [-0.3, -0.25) is 4.79 Å². The molecule has 1 heterocycles. The quantitative estimate of drug-likeness (QED) is 0.489. The van der Waals surface area contributed by atoms with E-state index in [1.807, 2.05) is 0 Å². The summed E-state index contributed by atoms with van der Waals surface area (Å²) < 4.78 is 6.26. The van der Waals surface area contributed by atoms with Crippen LogP contribution in [0.3, 0.4) is 0 Å². The number of aliphatic hydroxyl groups is 2. The van der Waals surface area contributed by atoms with Gasteiger partial charge in [-0.25, -0.2) is 0 Å². The first kappa shape index (κ1) is 24.7. The Balaban J connectivity index is 1.53. The van der Waals surface area contributed by atoms with E-state index in [-0.39, 0.29) is 30.1 Å². The van der Waals surface area contributed by atoms with Crippen molar-refractivity contribution in [2.75, 3.05) is 6.61 Å². The zero-order chi connectivity index (χ0) is 23.5.